The van der Waals surface area contributed by atoms with Crippen molar-refractivity contribution in [3.63, 3.8) is 0 Å². The maximum Gasteiger partial charge on any atom is 0.164 e. The van der Waals surface area contributed by atoms with E-state index in [-0.39, 0.29) is 17.8 Å². The van der Waals surface area contributed by atoms with Crippen LogP contribution in [0.25, 0.3) is 0 Å². The third-order valence-corrected chi connectivity index (χ3v) is 2.15. The quantitative estimate of drug-likeness (QED) is 0.601. The Bertz CT molecular complexity index is 188. The number of rotatable bonds is 3. The van der Waals surface area contributed by atoms with Crippen molar-refractivity contribution in [3.8, 4) is 0 Å². The Morgan fingerprint density at radius 1 is 1.58 bits per heavy atom. The second-order valence-electron chi connectivity index (χ2n) is 3.41. The van der Waals surface area contributed by atoms with E-state index in [0.717, 1.165) is 0 Å². The van der Waals surface area contributed by atoms with E-state index in [4.69, 9.17) is 9.47 Å². The van der Waals surface area contributed by atoms with E-state index in [9.17, 15) is 0 Å². The Morgan fingerprint density at radius 3 is 2.67 bits per heavy atom. The molecular weight excluding hydrogens is 152 g/mol. The molecule has 0 aromatic rings. The molecule has 2 heteroatoms. The van der Waals surface area contributed by atoms with Crippen LogP contribution in [0.2, 0.25) is 0 Å². The molecule has 3 atom stereocenters. The van der Waals surface area contributed by atoms with Crippen LogP contribution in [0.5, 0.6) is 0 Å². The first kappa shape index (κ1) is 9.49. The van der Waals surface area contributed by atoms with Crippen LogP contribution in [0.15, 0.2) is 25.3 Å². The molecule has 12 heavy (non-hydrogen) atoms. The van der Waals surface area contributed by atoms with Gasteiger partial charge in [0.15, 0.2) is 6.29 Å². The van der Waals surface area contributed by atoms with Crippen LogP contribution in [0.3, 0.4) is 0 Å². The second kappa shape index (κ2) is 3.42. The van der Waals surface area contributed by atoms with Gasteiger partial charge in [0.1, 0.15) is 5.60 Å². The molecule has 2 nitrogen and oxygen atoms in total. The minimum absolute atomic E-state index is 0.162. The van der Waals surface area contributed by atoms with Crippen molar-refractivity contribution in [3.05, 3.63) is 25.3 Å². The average Bonchev–Trinajstić information content (AvgIpc) is 2.48. The van der Waals surface area contributed by atoms with Crippen molar-refractivity contribution >= 4 is 0 Å². The fourth-order valence-electron chi connectivity index (χ4n) is 1.06. The van der Waals surface area contributed by atoms with Gasteiger partial charge in [0.05, 0.1) is 6.61 Å². The van der Waals surface area contributed by atoms with Crippen LogP contribution in [0.1, 0.15) is 13.8 Å². The molecule has 0 spiro atoms. The normalized spacial score (nSPS) is 37.7. The molecule has 0 amide bonds. The van der Waals surface area contributed by atoms with Gasteiger partial charge in [0, 0.05) is 5.92 Å². The molecule has 0 unspecified atom stereocenters. The maximum absolute atomic E-state index is 5.64. The molecular formula is C10H16O2. The van der Waals surface area contributed by atoms with Crippen LogP contribution in [0.4, 0.5) is 0 Å². The zero-order chi connectivity index (χ0) is 9.19. The van der Waals surface area contributed by atoms with Gasteiger partial charge in [-0.05, 0) is 6.92 Å². The molecule has 0 aromatic heterocycles. The van der Waals surface area contributed by atoms with Gasteiger partial charge < -0.3 is 9.47 Å². The Balaban J connectivity index is 2.55. The lowest BCUT2D eigenvalue weighted by Gasteiger charge is -2.19. The lowest BCUT2D eigenvalue weighted by atomic mass is 10.1. The van der Waals surface area contributed by atoms with Gasteiger partial charge in [-0.15, -0.1) is 13.2 Å². The molecule has 0 aromatic carbocycles. The molecule has 1 fully saturated rings. The smallest absolute Gasteiger partial charge is 0.164 e. The molecule has 1 heterocycles. The minimum atomic E-state index is -0.318. The summed E-state index contributed by atoms with van der Waals surface area (Å²) in [7, 11) is 0. The van der Waals surface area contributed by atoms with Crippen molar-refractivity contribution in [2.45, 2.75) is 25.7 Å². The molecule has 1 rings (SSSR count). The predicted molar refractivity (Wildman–Crippen MR) is 48.8 cm³/mol. The molecule has 0 saturated carbocycles. The molecule has 1 aliphatic rings. The molecule has 0 radical (unpaired) electrons. The Kier molecular flexibility index (Phi) is 2.70. The van der Waals surface area contributed by atoms with Gasteiger partial charge in [-0.2, -0.15) is 0 Å². The monoisotopic (exact) mass is 168 g/mol. The third kappa shape index (κ3) is 1.76. The van der Waals surface area contributed by atoms with E-state index in [1.165, 1.54) is 0 Å². The summed E-state index contributed by atoms with van der Waals surface area (Å²) < 4.78 is 11.1. The van der Waals surface area contributed by atoms with Crippen LogP contribution >= 0.6 is 0 Å². The van der Waals surface area contributed by atoms with Crippen LogP contribution < -0.4 is 0 Å². The van der Waals surface area contributed by atoms with Crippen LogP contribution in [-0.2, 0) is 9.47 Å². The highest BCUT2D eigenvalue weighted by Crippen LogP contribution is 2.27. The lowest BCUT2D eigenvalue weighted by molar-refractivity contribution is -0.0916. The van der Waals surface area contributed by atoms with E-state index < -0.39 is 0 Å². The van der Waals surface area contributed by atoms with E-state index >= 15 is 0 Å². The predicted octanol–water partition coefficient (Wildman–Crippen LogP) is 2.13. The van der Waals surface area contributed by atoms with E-state index in [1.54, 1.807) is 6.08 Å². The largest absolute Gasteiger partial charge is 0.349 e. The van der Waals surface area contributed by atoms with Gasteiger partial charge in [-0.25, -0.2) is 0 Å². The van der Waals surface area contributed by atoms with Crippen molar-refractivity contribution < 1.29 is 9.47 Å². The first-order chi connectivity index (χ1) is 5.61. The summed E-state index contributed by atoms with van der Waals surface area (Å²) in [5.74, 6) is 0.228. The highest BCUT2D eigenvalue weighted by molar-refractivity contribution is 4.98. The highest BCUT2D eigenvalue weighted by Gasteiger charge is 2.36. The third-order valence-electron chi connectivity index (χ3n) is 2.15. The Morgan fingerprint density at radius 2 is 2.25 bits per heavy atom. The van der Waals surface area contributed by atoms with Gasteiger partial charge >= 0.3 is 0 Å². The SMILES string of the molecule is C=C[C@@H](C)[C@@H]1OC[C@](C)(C=C)O1. The van der Waals surface area contributed by atoms with Crippen LogP contribution in [0, 0.1) is 5.92 Å². The summed E-state index contributed by atoms with van der Waals surface area (Å²) in [6, 6.07) is 0. The van der Waals surface area contributed by atoms with Crippen molar-refractivity contribution in [1.29, 1.82) is 0 Å². The maximum atomic E-state index is 5.64. The highest BCUT2D eigenvalue weighted by atomic mass is 16.7. The Hall–Kier alpha value is -0.600. The molecule has 0 bridgehead atoms. The molecule has 0 aliphatic carbocycles. The number of hydrogen-bond donors (Lipinski definition) is 0. The van der Waals surface area contributed by atoms with Gasteiger partial charge in [-0.1, -0.05) is 19.1 Å². The fourth-order valence-corrected chi connectivity index (χ4v) is 1.06. The molecule has 1 aliphatic heterocycles. The minimum Gasteiger partial charge on any atom is -0.349 e. The van der Waals surface area contributed by atoms with Gasteiger partial charge in [-0.3, -0.25) is 0 Å². The molecule has 1 saturated heterocycles. The summed E-state index contributed by atoms with van der Waals surface area (Å²) in [5.41, 5.74) is -0.318. The summed E-state index contributed by atoms with van der Waals surface area (Å²) >= 11 is 0. The van der Waals surface area contributed by atoms with E-state index in [0.29, 0.717) is 6.61 Å². The van der Waals surface area contributed by atoms with E-state index in [2.05, 4.69) is 13.2 Å². The molecule has 0 N–H and O–H groups in total. The summed E-state index contributed by atoms with van der Waals surface area (Å²) in [6.45, 7) is 12.0. The summed E-state index contributed by atoms with van der Waals surface area (Å²) in [5, 5.41) is 0. The number of ether oxygens (including phenoxy) is 2. The van der Waals surface area contributed by atoms with Crippen LogP contribution in [-0.4, -0.2) is 18.5 Å². The van der Waals surface area contributed by atoms with Crippen molar-refractivity contribution in [2.75, 3.05) is 6.61 Å². The lowest BCUT2D eigenvalue weighted by Crippen LogP contribution is -2.26. The van der Waals surface area contributed by atoms with Gasteiger partial charge in [0.25, 0.3) is 0 Å². The van der Waals surface area contributed by atoms with Gasteiger partial charge in [0.2, 0.25) is 0 Å². The average molecular weight is 168 g/mol. The summed E-state index contributed by atoms with van der Waals surface area (Å²) in [6.07, 6.45) is 3.45. The zero-order valence-electron chi connectivity index (χ0n) is 7.75. The zero-order valence-corrected chi connectivity index (χ0v) is 7.75. The fraction of sp³-hybridized carbons (Fsp3) is 0.600. The first-order valence-electron chi connectivity index (χ1n) is 4.17. The van der Waals surface area contributed by atoms with Crippen molar-refractivity contribution in [1.82, 2.24) is 0 Å². The second-order valence-corrected chi connectivity index (χ2v) is 3.41. The first-order valence-corrected chi connectivity index (χ1v) is 4.17. The summed E-state index contributed by atoms with van der Waals surface area (Å²) in [4.78, 5) is 0. The Labute approximate surface area is 73.9 Å². The van der Waals surface area contributed by atoms with Crippen molar-refractivity contribution in [2.24, 2.45) is 5.92 Å². The topological polar surface area (TPSA) is 18.5 Å². The molecule has 68 valence electrons. The number of hydrogen-bond acceptors (Lipinski definition) is 2. The van der Waals surface area contributed by atoms with E-state index in [1.807, 2.05) is 19.9 Å². The standard InChI is InChI=1S/C10H16O2/c1-5-8(3)9-11-7-10(4,6-2)12-9/h5-6,8-9H,1-2,7H2,3-4H3/t8-,9-,10+/m1/s1.